The quantitative estimate of drug-likeness (QED) is 0.781. The molecule has 0 amide bonds. The van der Waals surface area contributed by atoms with Gasteiger partial charge < -0.3 is 5.73 Å². The molecule has 0 aliphatic heterocycles. The van der Waals surface area contributed by atoms with Gasteiger partial charge in [-0.25, -0.2) is 4.98 Å². The van der Waals surface area contributed by atoms with Crippen molar-refractivity contribution in [2.45, 2.75) is 19.8 Å². The summed E-state index contributed by atoms with van der Waals surface area (Å²) in [7, 11) is 0. The molecule has 0 unspecified atom stereocenters. The second-order valence-electron chi connectivity index (χ2n) is 3.79. The Bertz CT molecular complexity index is 584. The van der Waals surface area contributed by atoms with Crippen molar-refractivity contribution in [3.63, 3.8) is 0 Å². The minimum absolute atomic E-state index is 0.546. The number of hydrogen-bond donors (Lipinski definition) is 1. The van der Waals surface area contributed by atoms with Crippen molar-refractivity contribution in [3.05, 3.63) is 42.8 Å². The fourth-order valence-electron chi connectivity index (χ4n) is 1.69. The van der Waals surface area contributed by atoms with Crippen LogP contribution in [0.4, 0.5) is 5.13 Å². The average molecular weight is 366 g/mol. The van der Waals surface area contributed by atoms with E-state index in [-0.39, 0.29) is 0 Å². The fraction of sp³-hybridized carbons (Fsp3) is 0.250. The van der Waals surface area contributed by atoms with Gasteiger partial charge in [-0.3, -0.25) is 0 Å². The number of halogens is 3. The second-order valence-corrected chi connectivity index (χ2v) is 6.51. The number of aromatic nitrogens is 1. The lowest BCUT2D eigenvalue weighted by molar-refractivity contribution is 1.02. The van der Waals surface area contributed by atoms with Gasteiger partial charge in [0.05, 0.1) is 15.7 Å². The van der Waals surface area contributed by atoms with Crippen LogP contribution in [0.1, 0.15) is 23.1 Å². The van der Waals surface area contributed by atoms with Crippen LogP contribution in [-0.2, 0) is 12.8 Å². The van der Waals surface area contributed by atoms with E-state index in [9.17, 15) is 0 Å². The molecule has 0 atom stereocenters. The summed E-state index contributed by atoms with van der Waals surface area (Å²) >= 11 is 17.2. The van der Waals surface area contributed by atoms with Crippen LogP contribution in [0.25, 0.3) is 0 Å². The zero-order valence-corrected chi connectivity index (χ0v) is 13.5. The molecular weight excluding hydrogens is 355 g/mol. The van der Waals surface area contributed by atoms with Gasteiger partial charge in [-0.05, 0) is 34.0 Å². The van der Waals surface area contributed by atoms with Gasteiger partial charge in [0, 0.05) is 15.8 Å². The number of nitrogen functional groups attached to an aromatic ring is 1. The van der Waals surface area contributed by atoms with Gasteiger partial charge in [-0.1, -0.05) is 36.2 Å². The van der Waals surface area contributed by atoms with Crippen molar-refractivity contribution >= 4 is 55.6 Å². The number of nitrogens with zero attached hydrogens (tertiary/aromatic N) is 1. The van der Waals surface area contributed by atoms with E-state index in [2.05, 4.69) is 27.8 Å². The maximum absolute atomic E-state index is 6.24. The zero-order chi connectivity index (χ0) is 13.3. The van der Waals surface area contributed by atoms with Crippen LogP contribution >= 0.6 is 50.5 Å². The molecule has 2 aromatic rings. The SMILES string of the molecule is CCc1nc(N)sc1Cc1ccc(Br)c(Cl)c1Cl. The number of hydrogen-bond acceptors (Lipinski definition) is 3. The molecule has 2 N–H and O–H groups in total. The Morgan fingerprint density at radius 3 is 2.72 bits per heavy atom. The molecule has 1 aromatic heterocycles. The minimum Gasteiger partial charge on any atom is -0.375 e. The van der Waals surface area contributed by atoms with Crippen LogP contribution < -0.4 is 5.73 Å². The fourth-order valence-corrected chi connectivity index (χ4v) is 3.50. The predicted molar refractivity (Wildman–Crippen MR) is 82.9 cm³/mol. The summed E-state index contributed by atoms with van der Waals surface area (Å²) in [6.07, 6.45) is 1.58. The summed E-state index contributed by atoms with van der Waals surface area (Å²) in [5.41, 5.74) is 7.77. The monoisotopic (exact) mass is 364 g/mol. The molecule has 0 saturated heterocycles. The number of rotatable bonds is 3. The predicted octanol–water partition coefficient (Wildman–Crippen LogP) is 4.95. The minimum atomic E-state index is 0.546. The molecule has 0 saturated carbocycles. The second kappa shape index (κ2) is 5.78. The summed E-state index contributed by atoms with van der Waals surface area (Å²) in [5, 5.41) is 1.73. The lowest BCUT2D eigenvalue weighted by Crippen LogP contribution is -1.93. The number of thiazole rings is 1. The highest BCUT2D eigenvalue weighted by Gasteiger charge is 2.13. The Hall–Kier alpha value is -0.290. The zero-order valence-electron chi connectivity index (χ0n) is 9.64. The largest absolute Gasteiger partial charge is 0.375 e. The van der Waals surface area contributed by atoms with E-state index in [1.54, 1.807) is 0 Å². The normalized spacial score (nSPS) is 10.9. The first-order chi connectivity index (χ1) is 8.52. The number of benzene rings is 1. The Morgan fingerprint density at radius 2 is 2.06 bits per heavy atom. The molecule has 0 bridgehead atoms. The first-order valence-corrected chi connectivity index (χ1v) is 7.75. The molecule has 2 nitrogen and oxygen atoms in total. The van der Waals surface area contributed by atoms with Gasteiger partial charge in [0.1, 0.15) is 0 Å². The van der Waals surface area contributed by atoms with Crippen LogP contribution in [0.5, 0.6) is 0 Å². The van der Waals surface area contributed by atoms with Crippen LogP contribution in [0, 0.1) is 0 Å². The lowest BCUT2D eigenvalue weighted by Gasteiger charge is -2.07. The van der Waals surface area contributed by atoms with E-state index < -0.39 is 0 Å². The molecule has 0 aliphatic rings. The molecule has 0 fully saturated rings. The number of anilines is 1. The molecule has 2 rings (SSSR count). The maximum atomic E-state index is 6.24. The number of nitrogens with two attached hydrogens (primary N) is 1. The molecular formula is C12H11BrCl2N2S. The van der Waals surface area contributed by atoms with Crippen molar-refractivity contribution in [2.75, 3.05) is 5.73 Å². The third-order valence-electron chi connectivity index (χ3n) is 2.60. The molecule has 1 heterocycles. The topological polar surface area (TPSA) is 38.9 Å². The summed E-state index contributed by atoms with van der Waals surface area (Å²) in [6, 6.07) is 3.87. The standard InChI is InChI=1S/C12H11BrCl2N2S/c1-2-8-9(18-12(16)17-8)5-6-3-4-7(13)11(15)10(6)14/h3-4H,2,5H2,1H3,(H2,16,17). The average Bonchev–Trinajstić information content (AvgIpc) is 2.70. The van der Waals surface area contributed by atoms with Crippen LogP contribution in [0.3, 0.4) is 0 Å². The molecule has 18 heavy (non-hydrogen) atoms. The third-order valence-corrected chi connectivity index (χ3v) is 5.33. The van der Waals surface area contributed by atoms with Crippen LogP contribution in [0.2, 0.25) is 10.0 Å². The maximum Gasteiger partial charge on any atom is 0.180 e. The summed E-state index contributed by atoms with van der Waals surface area (Å²) in [6.45, 7) is 2.06. The highest BCUT2D eigenvalue weighted by Crippen LogP contribution is 2.35. The van der Waals surface area contributed by atoms with Gasteiger partial charge in [-0.15, -0.1) is 11.3 Å². The van der Waals surface area contributed by atoms with E-state index in [0.717, 1.165) is 27.0 Å². The summed E-state index contributed by atoms with van der Waals surface area (Å²) in [5.74, 6) is 0. The Morgan fingerprint density at radius 1 is 1.33 bits per heavy atom. The first kappa shape index (κ1) is 14.1. The van der Waals surface area contributed by atoms with Crippen LogP contribution in [0.15, 0.2) is 16.6 Å². The summed E-state index contributed by atoms with van der Waals surface area (Å²) in [4.78, 5) is 5.45. The molecule has 96 valence electrons. The van der Waals surface area contributed by atoms with Crippen molar-refractivity contribution in [1.29, 1.82) is 0 Å². The van der Waals surface area contributed by atoms with E-state index in [0.29, 0.717) is 21.6 Å². The van der Waals surface area contributed by atoms with Gasteiger partial charge in [0.15, 0.2) is 5.13 Å². The third kappa shape index (κ3) is 2.82. The smallest absolute Gasteiger partial charge is 0.180 e. The Labute approximate surface area is 128 Å². The van der Waals surface area contributed by atoms with Crippen molar-refractivity contribution in [2.24, 2.45) is 0 Å². The van der Waals surface area contributed by atoms with E-state index in [1.807, 2.05) is 12.1 Å². The Kier molecular flexibility index (Phi) is 4.54. The lowest BCUT2D eigenvalue weighted by atomic mass is 10.1. The van der Waals surface area contributed by atoms with E-state index in [1.165, 1.54) is 11.3 Å². The van der Waals surface area contributed by atoms with E-state index >= 15 is 0 Å². The van der Waals surface area contributed by atoms with Crippen LogP contribution in [-0.4, -0.2) is 4.98 Å². The number of aryl methyl sites for hydroxylation is 1. The Balaban J connectivity index is 2.37. The van der Waals surface area contributed by atoms with Gasteiger partial charge in [-0.2, -0.15) is 0 Å². The molecule has 0 spiro atoms. The van der Waals surface area contributed by atoms with E-state index in [4.69, 9.17) is 28.9 Å². The van der Waals surface area contributed by atoms with Gasteiger partial charge >= 0.3 is 0 Å². The van der Waals surface area contributed by atoms with Crippen molar-refractivity contribution in [1.82, 2.24) is 4.98 Å². The molecule has 0 radical (unpaired) electrons. The highest BCUT2D eigenvalue weighted by molar-refractivity contribution is 9.10. The first-order valence-electron chi connectivity index (χ1n) is 5.39. The van der Waals surface area contributed by atoms with Crippen molar-refractivity contribution < 1.29 is 0 Å². The summed E-state index contributed by atoms with van der Waals surface area (Å²) < 4.78 is 0.803. The molecule has 1 aromatic carbocycles. The highest BCUT2D eigenvalue weighted by atomic mass is 79.9. The van der Waals surface area contributed by atoms with Gasteiger partial charge in [0.25, 0.3) is 0 Å². The van der Waals surface area contributed by atoms with Gasteiger partial charge in [0.2, 0.25) is 0 Å². The molecule has 0 aliphatic carbocycles. The van der Waals surface area contributed by atoms with Crippen molar-refractivity contribution in [3.8, 4) is 0 Å². The molecule has 6 heteroatoms.